The zero-order valence-electron chi connectivity index (χ0n) is 9.04. The first-order chi connectivity index (χ1) is 7.23. The first kappa shape index (κ1) is 10.5. The molecule has 0 atom stereocenters. The topological polar surface area (TPSA) is 42.7 Å². The number of halogens is 1. The molecule has 0 spiro atoms. The Morgan fingerprint density at radius 1 is 1.53 bits per heavy atom. The average molecular weight is 212 g/mol. The molecule has 0 radical (unpaired) electrons. The van der Waals surface area contributed by atoms with Crippen molar-refractivity contribution in [2.24, 2.45) is 0 Å². The Kier molecular flexibility index (Phi) is 3.00. The van der Waals surface area contributed by atoms with E-state index in [0.717, 1.165) is 25.5 Å². The van der Waals surface area contributed by atoms with Crippen molar-refractivity contribution in [3.63, 3.8) is 0 Å². The molecule has 1 aromatic heterocycles. The summed E-state index contributed by atoms with van der Waals surface area (Å²) in [5, 5.41) is 7.22. The van der Waals surface area contributed by atoms with E-state index >= 15 is 0 Å². The van der Waals surface area contributed by atoms with Crippen molar-refractivity contribution in [2.75, 3.05) is 13.1 Å². The minimum Gasteiger partial charge on any atom is -0.316 e. The van der Waals surface area contributed by atoms with Gasteiger partial charge in [-0.15, -0.1) is 0 Å². The van der Waals surface area contributed by atoms with E-state index in [1.54, 1.807) is 4.68 Å². The number of hydrogen-bond acceptors (Lipinski definition) is 3. The highest BCUT2D eigenvalue weighted by Gasteiger charge is 2.33. The summed E-state index contributed by atoms with van der Waals surface area (Å²) in [6, 6.07) is 0. The lowest BCUT2D eigenvalue weighted by Gasteiger charge is -2.29. The normalized spacial score (nSPS) is 20.4. The van der Waals surface area contributed by atoms with Gasteiger partial charge in [0.2, 0.25) is 0 Å². The zero-order valence-corrected chi connectivity index (χ0v) is 9.04. The van der Waals surface area contributed by atoms with Crippen molar-refractivity contribution in [1.82, 2.24) is 20.1 Å². The van der Waals surface area contributed by atoms with Crippen LogP contribution in [0.4, 0.5) is 4.39 Å². The van der Waals surface area contributed by atoms with Crippen molar-refractivity contribution in [2.45, 2.75) is 38.4 Å². The highest BCUT2D eigenvalue weighted by atomic mass is 19.1. The lowest BCUT2D eigenvalue weighted by Crippen LogP contribution is -2.40. The maximum Gasteiger partial charge on any atom is 0.138 e. The van der Waals surface area contributed by atoms with Gasteiger partial charge in [-0.2, -0.15) is 5.10 Å². The Morgan fingerprint density at radius 3 is 2.93 bits per heavy atom. The minimum atomic E-state index is -1.09. The molecule has 1 aliphatic rings. The van der Waals surface area contributed by atoms with Crippen molar-refractivity contribution in [1.29, 1.82) is 0 Å². The lowest BCUT2D eigenvalue weighted by molar-refractivity contribution is 0.112. The molecule has 4 nitrogen and oxygen atoms in total. The number of aryl methyl sites for hydroxylation is 1. The summed E-state index contributed by atoms with van der Waals surface area (Å²) in [4.78, 5) is 4.12. The third-order valence-electron chi connectivity index (χ3n) is 2.97. The molecule has 0 saturated carbocycles. The predicted octanol–water partition coefficient (Wildman–Crippen LogP) is 0.932. The van der Waals surface area contributed by atoms with Gasteiger partial charge < -0.3 is 5.32 Å². The number of aromatic nitrogens is 3. The van der Waals surface area contributed by atoms with Gasteiger partial charge in [0, 0.05) is 13.0 Å². The standard InChI is InChI=1S/C10H17FN4/c1-2-15-9(13-8-14-15)7-10(11)3-5-12-6-4-10/h8,12H,2-7H2,1H3. The number of alkyl halides is 1. The average Bonchev–Trinajstić information content (AvgIpc) is 2.65. The monoisotopic (exact) mass is 212 g/mol. The molecule has 1 fully saturated rings. The fourth-order valence-electron chi connectivity index (χ4n) is 2.02. The third-order valence-corrected chi connectivity index (χ3v) is 2.97. The van der Waals surface area contributed by atoms with Gasteiger partial charge in [-0.05, 0) is 32.9 Å². The van der Waals surface area contributed by atoms with Crippen LogP contribution in [-0.4, -0.2) is 33.5 Å². The number of piperidine rings is 1. The van der Waals surface area contributed by atoms with Crippen LogP contribution in [0, 0.1) is 0 Å². The molecule has 1 aliphatic heterocycles. The molecule has 0 amide bonds. The van der Waals surface area contributed by atoms with Gasteiger partial charge in [0.1, 0.15) is 17.8 Å². The molecule has 1 aromatic rings. The molecule has 0 unspecified atom stereocenters. The SMILES string of the molecule is CCn1ncnc1CC1(F)CCNCC1. The van der Waals surface area contributed by atoms with Crippen LogP contribution in [0.25, 0.3) is 0 Å². The van der Waals surface area contributed by atoms with Crippen molar-refractivity contribution in [3.8, 4) is 0 Å². The quantitative estimate of drug-likeness (QED) is 0.810. The van der Waals surface area contributed by atoms with Crippen LogP contribution in [-0.2, 0) is 13.0 Å². The van der Waals surface area contributed by atoms with E-state index in [-0.39, 0.29) is 0 Å². The van der Waals surface area contributed by atoms with E-state index in [2.05, 4.69) is 15.4 Å². The molecule has 1 N–H and O–H groups in total. The van der Waals surface area contributed by atoms with Crippen LogP contribution in [0.15, 0.2) is 6.33 Å². The fraction of sp³-hybridized carbons (Fsp3) is 0.800. The molecule has 2 heterocycles. The number of nitrogens with one attached hydrogen (secondary N) is 1. The van der Waals surface area contributed by atoms with Gasteiger partial charge in [-0.25, -0.2) is 9.37 Å². The third kappa shape index (κ3) is 2.34. The summed E-state index contributed by atoms with van der Waals surface area (Å²) in [5.74, 6) is 0.766. The number of hydrogen-bond donors (Lipinski definition) is 1. The van der Waals surface area contributed by atoms with E-state index in [1.165, 1.54) is 6.33 Å². The van der Waals surface area contributed by atoms with E-state index in [0.29, 0.717) is 19.3 Å². The van der Waals surface area contributed by atoms with Crippen molar-refractivity contribution < 1.29 is 4.39 Å². The van der Waals surface area contributed by atoms with Gasteiger partial charge in [0.15, 0.2) is 0 Å². The zero-order chi connectivity index (χ0) is 10.7. The van der Waals surface area contributed by atoms with Crippen LogP contribution >= 0.6 is 0 Å². The fourth-order valence-corrected chi connectivity index (χ4v) is 2.02. The van der Waals surface area contributed by atoms with Crippen molar-refractivity contribution >= 4 is 0 Å². The second-order valence-electron chi connectivity index (χ2n) is 4.07. The maximum atomic E-state index is 14.3. The highest BCUT2D eigenvalue weighted by molar-refractivity contribution is 4.97. The van der Waals surface area contributed by atoms with Gasteiger partial charge in [0.25, 0.3) is 0 Å². The summed E-state index contributed by atoms with van der Waals surface area (Å²) < 4.78 is 16.1. The van der Waals surface area contributed by atoms with Crippen LogP contribution in [0.1, 0.15) is 25.6 Å². The smallest absolute Gasteiger partial charge is 0.138 e. The number of nitrogens with zero attached hydrogens (tertiary/aromatic N) is 3. The van der Waals surface area contributed by atoms with E-state index < -0.39 is 5.67 Å². The van der Waals surface area contributed by atoms with Crippen LogP contribution in [0.3, 0.4) is 0 Å². The Hall–Kier alpha value is -0.970. The molecule has 0 aliphatic carbocycles. The van der Waals surface area contributed by atoms with E-state index in [4.69, 9.17) is 0 Å². The molecule has 0 aromatic carbocycles. The maximum absolute atomic E-state index is 14.3. The first-order valence-electron chi connectivity index (χ1n) is 5.50. The molecule has 15 heavy (non-hydrogen) atoms. The minimum absolute atomic E-state index is 0.391. The molecule has 1 saturated heterocycles. The molecular formula is C10H17FN4. The Morgan fingerprint density at radius 2 is 2.27 bits per heavy atom. The summed E-state index contributed by atoms with van der Waals surface area (Å²) >= 11 is 0. The van der Waals surface area contributed by atoms with E-state index in [1.807, 2.05) is 6.92 Å². The molecular weight excluding hydrogens is 195 g/mol. The summed E-state index contributed by atoms with van der Waals surface area (Å²) in [6.07, 6.45) is 3.04. The van der Waals surface area contributed by atoms with Crippen molar-refractivity contribution in [3.05, 3.63) is 12.2 Å². The van der Waals surface area contributed by atoms with Crippen LogP contribution < -0.4 is 5.32 Å². The molecule has 84 valence electrons. The molecule has 5 heteroatoms. The lowest BCUT2D eigenvalue weighted by atomic mass is 9.91. The second-order valence-corrected chi connectivity index (χ2v) is 4.07. The van der Waals surface area contributed by atoms with Gasteiger partial charge in [-0.1, -0.05) is 0 Å². The van der Waals surface area contributed by atoms with Crippen LogP contribution in [0.2, 0.25) is 0 Å². The van der Waals surface area contributed by atoms with Gasteiger partial charge >= 0.3 is 0 Å². The van der Waals surface area contributed by atoms with Crippen LogP contribution in [0.5, 0.6) is 0 Å². The van der Waals surface area contributed by atoms with E-state index in [9.17, 15) is 4.39 Å². The Bertz CT molecular complexity index is 317. The summed E-state index contributed by atoms with van der Waals surface area (Å²) in [6.45, 7) is 4.27. The van der Waals surface area contributed by atoms with Gasteiger partial charge in [0.05, 0.1) is 0 Å². The number of rotatable bonds is 3. The predicted molar refractivity (Wildman–Crippen MR) is 55.3 cm³/mol. The Balaban J connectivity index is 2.06. The highest BCUT2D eigenvalue weighted by Crippen LogP contribution is 2.26. The van der Waals surface area contributed by atoms with Gasteiger partial charge in [-0.3, -0.25) is 4.68 Å². The first-order valence-corrected chi connectivity index (χ1v) is 5.50. The Labute approximate surface area is 88.9 Å². The second kappa shape index (κ2) is 4.26. The largest absolute Gasteiger partial charge is 0.316 e. The summed E-state index contributed by atoms with van der Waals surface area (Å²) in [5.41, 5.74) is -1.09. The summed E-state index contributed by atoms with van der Waals surface area (Å²) in [7, 11) is 0. The molecule has 2 rings (SSSR count). The molecule has 0 bridgehead atoms.